The second-order valence-corrected chi connectivity index (χ2v) is 0.962. The zero-order valence-corrected chi connectivity index (χ0v) is 10.3. The van der Waals surface area contributed by atoms with Crippen molar-refractivity contribution in [3.05, 3.63) is 52.1 Å². The van der Waals surface area contributed by atoms with Crippen molar-refractivity contribution >= 4 is 0 Å². The molecule has 1 aliphatic rings. The predicted molar refractivity (Wildman–Crippen MR) is 33.3 cm³/mol. The van der Waals surface area contributed by atoms with Gasteiger partial charge in [0, 0.05) is 17.4 Å². The van der Waals surface area contributed by atoms with Crippen LogP contribution in [0.15, 0.2) is 0 Å². The van der Waals surface area contributed by atoms with Gasteiger partial charge in [0.1, 0.15) is 0 Å². The molecule has 0 atom stereocenters. The first-order valence-corrected chi connectivity index (χ1v) is 2.28. The van der Waals surface area contributed by atoms with Gasteiger partial charge < -0.3 is 0 Å². The number of hydrogen-bond acceptors (Lipinski definition) is 0. The van der Waals surface area contributed by atoms with Crippen LogP contribution < -0.4 is 29.6 Å². The number of hydrogen-bond donors (Lipinski definition) is 0. The normalized spacial score (nSPS) is 9.69. The summed E-state index contributed by atoms with van der Waals surface area (Å²) in [6.07, 6.45) is 10.0. The van der Waals surface area contributed by atoms with Crippen LogP contribution in [0.1, 0.15) is 0 Å². The Labute approximate surface area is 112 Å². The SMILES string of the molecule is [C-]#[O+].[C-]#[O+].[C-]#[O+].[CH]1[CH][CH][CH][CH]1.[Cr].[Na+]. The van der Waals surface area contributed by atoms with Crippen molar-refractivity contribution in [2.45, 2.75) is 0 Å². The number of rotatable bonds is 0. The van der Waals surface area contributed by atoms with Gasteiger partial charge in [0.05, 0.1) is 0 Å². The molecule has 0 heterocycles. The molecule has 1 aliphatic carbocycles. The molecule has 5 radical (unpaired) electrons. The quantitative estimate of drug-likeness (QED) is 0.257. The van der Waals surface area contributed by atoms with Gasteiger partial charge in [-0.15, -0.1) is 0 Å². The Morgan fingerprint density at radius 2 is 0.615 bits per heavy atom. The fraction of sp³-hybridized carbons (Fsp3) is 0. The van der Waals surface area contributed by atoms with Gasteiger partial charge in [0.2, 0.25) is 0 Å². The van der Waals surface area contributed by atoms with Crippen LogP contribution in [-0.2, 0) is 31.3 Å². The predicted octanol–water partition coefficient (Wildman–Crippen LogP) is -2.09. The van der Waals surface area contributed by atoms with E-state index in [1.807, 2.05) is 32.1 Å². The zero-order valence-electron chi connectivity index (χ0n) is 7.02. The Morgan fingerprint density at radius 1 is 0.538 bits per heavy atom. The van der Waals surface area contributed by atoms with Crippen LogP contribution in [0.4, 0.5) is 0 Å². The topological polar surface area (TPSA) is 59.7 Å². The maximum absolute atomic E-state index is 7.50. The first-order chi connectivity index (χ1) is 5.50. The summed E-state index contributed by atoms with van der Waals surface area (Å²) in [7, 11) is 0. The van der Waals surface area contributed by atoms with Crippen molar-refractivity contribution in [3.63, 3.8) is 0 Å². The van der Waals surface area contributed by atoms with E-state index in [4.69, 9.17) is 14.0 Å². The van der Waals surface area contributed by atoms with Gasteiger partial charge in [-0.1, -0.05) is 0 Å². The standard InChI is InChI=1S/C5H5.3CO.Cr.Na/c1-2-4-5-3-1;3*1-2;;/h1-5H;;;;;/q;;;;;+1. The molecule has 0 unspecified atom stereocenters. The van der Waals surface area contributed by atoms with E-state index in [0.29, 0.717) is 0 Å². The van der Waals surface area contributed by atoms with Gasteiger partial charge in [0.25, 0.3) is 0 Å². The minimum Gasteiger partial charge on any atom is -0.0312 e. The molecule has 0 N–H and O–H groups in total. The van der Waals surface area contributed by atoms with Crippen molar-refractivity contribution in [1.29, 1.82) is 0 Å². The molecule has 1 fully saturated rings. The maximum Gasteiger partial charge on any atom is 1.00 e. The Hall–Kier alpha value is 0.752. The molecular formula is C8H5CrNaO3+. The molecule has 0 aromatic carbocycles. The summed E-state index contributed by atoms with van der Waals surface area (Å²) in [4.78, 5) is 0. The summed E-state index contributed by atoms with van der Waals surface area (Å²) < 4.78 is 22.5. The van der Waals surface area contributed by atoms with Crippen LogP contribution >= 0.6 is 0 Å². The van der Waals surface area contributed by atoms with Crippen molar-refractivity contribution in [2.75, 3.05) is 0 Å². The minimum absolute atomic E-state index is 0. The Morgan fingerprint density at radius 3 is 0.692 bits per heavy atom. The smallest absolute Gasteiger partial charge is 0.0312 e. The van der Waals surface area contributed by atoms with Gasteiger partial charge >= 0.3 is 63.5 Å². The molecule has 0 aromatic rings. The van der Waals surface area contributed by atoms with Crippen LogP contribution in [0.5, 0.6) is 0 Å². The monoisotopic (exact) mass is 224 g/mol. The average molecular weight is 224 g/mol. The van der Waals surface area contributed by atoms with Crippen LogP contribution in [-0.4, -0.2) is 0 Å². The fourth-order valence-electron chi connectivity index (χ4n) is 0.321. The molecule has 0 spiro atoms. The Bertz CT molecular complexity index is 85.8. The fourth-order valence-corrected chi connectivity index (χ4v) is 0.321. The van der Waals surface area contributed by atoms with E-state index in [9.17, 15) is 0 Å². The van der Waals surface area contributed by atoms with Crippen molar-refractivity contribution in [1.82, 2.24) is 0 Å². The molecular weight excluding hydrogens is 219 g/mol. The molecule has 61 valence electrons. The summed E-state index contributed by atoms with van der Waals surface area (Å²) in [6.45, 7) is 13.5. The second kappa shape index (κ2) is 53.2. The van der Waals surface area contributed by atoms with E-state index in [-0.39, 0.29) is 46.9 Å². The third kappa shape index (κ3) is 44.6. The molecule has 0 saturated heterocycles. The van der Waals surface area contributed by atoms with E-state index in [1.54, 1.807) is 0 Å². The van der Waals surface area contributed by atoms with Gasteiger partial charge in [0.15, 0.2) is 0 Å². The molecule has 5 heteroatoms. The summed E-state index contributed by atoms with van der Waals surface area (Å²) in [5.74, 6) is 0. The van der Waals surface area contributed by atoms with Crippen molar-refractivity contribution in [2.24, 2.45) is 0 Å². The van der Waals surface area contributed by atoms with Crippen LogP contribution in [0, 0.1) is 52.1 Å². The summed E-state index contributed by atoms with van der Waals surface area (Å²) in [6, 6.07) is 0. The Balaban J connectivity index is -0.0000000239. The zero-order chi connectivity index (χ0) is 9.54. The molecule has 0 aromatic heterocycles. The van der Waals surface area contributed by atoms with Gasteiger partial charge in [-0.25, -0.2) is 0 Å². The Kier molecular flexibility index (Phi) is 120. The first-order valence-electron chi connectivity index (χ1n) is 2.28. The van der Waals surface area contributed by atoms with E-state index in [0.717, 1.165) is 0 Å². The van der Waals surface area contributed by atoms with E-state index < -0.39 is 0 Å². The van der Waals surface area contributed by atoms with Gasteiger partial charge in [-0.3, -0.25) is 0 Å². The summed E-state index contributed by atoms with van der Waals surface area (Å²) >= 11 is 0. The van der Waals surface area contributed by atoms with Crippen LogP contribution in [0.2, 0.25) is 0 Å². The summed E-state index contributed by atoms with van der Waals surface area (Å²) in [5.41, 5.74) is 0. The van der Waals surface area contributed by atoms with Crippen LogP contribution in [0.25, 0.3) is 0 Å². The second-order valence-electron chi connectivity index (χ2n) is 0.962. The summed E-state index contributed by atoms with van der Waals surface area (Å²) in [5, 5.41) is 0. The molecule has 3 nitrogen and oxygen atoms in total. The van der Waals surface area contributed by atoms with Crippen molar-refractivity contribution in [3.8, 4) is 0 Å². The molecule has 0 aliphatic heterocycles. The minimum atomic E-state index is 0. The molecule has 1 rings (SSSR count). The first kappa shape index (κ1) is 29.2. The van der Waals surface area contributed by atoms with E-state index in [1.165, 1.54) is 0 Å². The average Bonchev–Trinajstić information content (AvgIpc) is 2.71. The van der Waals surface area contributed by atoms with Crippen LogP contribution in [0.3, 0.4) is 0 Å². The molecule has 0 amide bonds. The van der Waals surface area contributed by atoms with Gasteiger partial charge in [-0.05, 0) is 32.1 Å². The van der Waals surface area contributed by atoms with Gasteiger partial charge in [-0.2, -0.15) is 0 Å². The maximum atomic E-state index is 7.50. The third-order valence-corrected chi connectivity index (χ3v) is 0.556. The van der Waals surface area contributed by atoms with Crippen molar-refractivity contribution < 1.29 is 60.9 Å². The molecule has 1 saturated carbocycles. The molecule has 13 heavy (non-hydrogen) atoms. The van der Waals surface area contributed by atoms with E-state index in [2.05, 4.69) is 20.0 Å². The third-order valence-electron chi connectivity index (χ3n) is 0.556. The molecule has 0 bridgehead atoms. The largest absolute Gasteiger partial charge is 1.00 e. The van der Waals surface area contributed by atoms with E-state index >= 15 is 0 Å².